The van der Waals surface area contributed by atoms with Crippen molar-refractivity contribution < 1.29 is 9.53 Å². The van der Waals surface area contributed by atoms with Gasteiger partial charge in [0.15, 0.2) is 0 Å². The van der Waals surface area contributed by atoms with Crippen molar-refractivity contribution in [2.24, 2.45) is 0 Å². The summed E-state index contributed by atoms with van der Waals surface area (Å²) in [4.78, 5) is 11.5. The summed E-state index contributed by atoms with van der Waals surface area (Å²) >= 11 is 0. The van der Waals surface area contributed by atoms with Gasteiger partial charge < -0.3 is 15.4 Å². The Morgan fingerprint density at radius 3 is 2.89 bits per heavy atom. The molecule has 1 amide bonds. The van der Waals surface area contributed by atoms with Crippen LogP contribution in [0.4, 0.5) is 4.79 Å². The third-order valence-corrected chi connectivity index (χ3v) is 3.12. The van der Waals surface area contributed by atoms with Crippen LogP contribution in [-0.2, 0) is 11.3 Å². The maximum absolute atomic E-state index is 11.5. The molecular weight excluding hydrogens is 228 g/mol. The molecule has 1 aromatic carbocycles. The number of amides is 1. The van der Waals surface area contributed by atoms with Gasteiger partial charge in [0, 0.05) is 12.6 Å². The van der Waals surface area contributed by atoms with E-state index < -0.39 is 0 Å². The molecule has 0 aliphatic carbocycles. The average molecular weight is 248 g/mol. The van der Waals surface area contributed by atoms with Crippen molar-refractivity contribution in [3.05, 3.63) is 35.9 Å². The third-order valence-electron chi connectivity index (χ3n) is 3.12. The Kier molecular flexibility index (Phi) is 5.02. The molecule has 1 saturated heterocycles. The smallest absolute Gasteiger partial charge is 0.407 e. The molecule has 18 heavy (non-hydrogen) atoms. The lowest BCUT2D eigenvalue weighted by Gasteiger charge is -2.23. The summed E-state index contributed by atoms with van der Waals surface area (Å²) in [6.07, 6.45) is 3.25. The predicted octanol–water partition coefficient (Wildman–Crippen LogP) is 2.05. The monoisotopic (exact) mass is 248 g/mol. The van der Waals surface area contributed by atoms with Gasteiger partial charge in [0.1, 0.15) is 6.61 Å². The summed E-state index contributed by atoms with van der Waals surface area (Å²) in [7, 11) is 0. The van der Waals surface area contributed by atoms with Gasteiger partial charge >= 0.3 is 6.09 Å². The molecule has 98 valence electrons. The molecule has 0 unspecified atom stereocenters. The Labute approximate surface area is 108 Å². The highest BCUT2D eigenvalue weighted by molar-refractivity contribution is 5.67. The Balaban J connectivity index is 1.63. The van der Waals surface area contributed by atoms with Gasteiger partial charge in [-0.3, -0.25) is 0 Å². The Morgan fingerprint density at radius 1 is 1.33 bits per heavy atom. The van der Waals surface area contributed by atoms with Crippen LogP contribution >= 0.6 is 0 Å². The maximum atomic E-state index is 11.5. The normalized spacial score (nSPS) is 19.2. The van der Waals surface area contributed by atoms with Crippen molar-refractivity contribution in [1.82, 2.24) is 10.6 Å². The SMILES string of the molecule is O=C(NC[C@H]1CCCCN1)OCc1ccccc1. The Morgan fingerprint density at radius 2 is 2.17 bits per heavy atom. The summed E-state index contributed by atoms with van der Waals surface area (Å²) < 4.78 is 5.14. The Hall–Kier alpha value is -1.55. The van der Waals surface area contributed by atoms with Crippen molar-refractivity contribution in [3.8, 4) is 0 Å². The zero-order valence-corrected chi connectivity index (χ0v) is 10.5. The van der Waals surface area contributed by atoms with E-state index in [0.717, 1.165) is 18.5 Å². The van der Waals surface area contributed by atoms with Crippen LogP contribution < -0.4 is 10.6 Å². The fourth-order valence-corrected chi connectivity index (χ4v) is 2.08. The van der Waals surface area contributed by atoms with Gasteiger partial charge in [-0.25, -0.2) is 4.79 Å². The van der Waals surface area contributed by atoms with Gasteiger partial charge in [-0.05, 0) is 24.9 Å². The molecule has 0 radical (unpaired) electrons. The molecule has 0 bridgehead atoms. The largest absolute Gasteiger partial charge is 0.445 e. The molecular formula is C14H20N2O2. The summed E-state index contributed by atoms with van der Waals surface area (Å²) in [5.41, 5.74) is 1.00. The molecule has 1 aromatic rings. The van der Waals surface area contributed by atoms with Crippen molar-refractivity contribution in [2.75, 3.05) is 13.1 Å². The molecule has 1 heterocycles. The van der Waals surface area contributed by atoms with Crippen LogP contribution in [0.25, 0.3) is 0 Å². The van der Waals surface area contributed by atoms with E-state index in [1.165, 1.54) is 12.8 Å². The van der Waals surface area contributed by atoms with Gasteiger partial charge in [-0.2, -0.15) is 0 Å². The van der Waals surface area contributed by atoms with Gasteiger partial charge in [0.2, 0.25) is 0 Å². The van der Waals surface area contributed by atoms with Crippen LogP contribution in [0, 0.1) is 0 Å². The van der Waals surface area contributed by atoms with E-state index in [4.69, 9.17) is 4.74 Å². The van der Waals surface area contributed by atoms with Crippen LogP contribution in [0.2, 0.25) is 0 Å². The predicted molar refractivity (Wildman–Crippen MR) is 70.3 cm³/mol. The van der Waals surface area contributed by atoms with Gasteiger partial charge in [0.05, 0.1) is 0 Å². The van der Waals surface area contributed by atoms with E-state index in [1.54, 1.807) is 0 Å². The van der Waals surface area contributed by atoms with Crippen molar-refractivity contribution in [2.45, 2.75) is 31.9 Å². The van der Waals surface area contributed by atoms with Crippen LogP contribution in [-0.4, -0.2) is 25.2 Å². The molecule has 4 heteroatoms. The quantitative estimate of drug-likeness (QED) is 0.857. The molecule has 0 saturated carbocycles. The van der Waals surface area contributed by atoms with Crippen LogP contribution in [0.1, 0.15) is 24.8 Å². The third kappa shape index (κ3) is 4.37. The second-order valence-electron chi connectivity index (χ2n) is 4.59. The molecule has 1 aliphatic rings. The number of rotatable bonds is 4. The first-order valence-corrected chi connectivity index (χ1v) is 6.52. The highest BCUT2D eigenvalue weighted by Crippen LogP contribution is 2.06. The molecule has 1 fully saturated rings. The first kappa shape index (κ1) is 12.9. The van der Waals surface area contributed by atoms with Crippen LogP contribution in [0.5, 0.6) is 0 Å². The van der Waals surface area contributed by atoms with Crippen molar-refractivity contribution in [3.63, 3.8) is 0 Å². The van der Waals surface area contributed by atoms with E-state index in [1.807, 2.05) is 30.3 Å². The molecule has 0 aromatic heterocycles. The average Bonchev–Trinajstić information content (AvgIpc) is 2.45. The summed E-state index contributed by atoms with van der Waals surface area (Å²) in [6, 6.07) is 10.1. The van der Waals surface area contributed by atoms with E-state index in [9.17, 15) is 4.79 Å². The zero-order chi connectivity index (χ0) is 12.6. The minimum Gasteiger partial charge on any atom is -0.445 e. The first-order valence-electron chi connectivity index (χ1n) is 6.52. The molecule has 2 N–H and O–H groups in total. The highest BCUT2D eigenvalue weighted by Gasteiger charge is 2.13. The second kappa shape index (κ2) is 7.01. The van der Waals surface area contributed by atoms with Crippen molar-refractivity contribution >= 4 is 6.09 Å². The summed E-state index contributed by atoms with van der Waals surface area (Å²) in [5, 5.41) is 6.18. The van der Waals surface area contributed by atoms with E-state index in [2.05, 4.69) is 10.6 Å². The fraction of sp³-hybridized carbons (Fsp3) is 0.500. The highest BCUT2D eigenvalue weighted by atomic mass is 16.5. The zero-order valence-electron chi connectivity index (χ0n) is 10.5. The van der Waals surface area contributed by atoms with Gasteiger partial charge in [-0.1, -0.05) is 36.8 Å². The summed E-state index contributed by atoms with van der Waals surface area (Å²) in [5.74, 6) is 0. The number of alkyl carbamates (subject to hydrolysis) is 1. The molecule has 1 aliphatic heterocycles. The molecule has 0 spiro atoms. The number of carbonyl (C=O) groups is 1. The first-order chi connectivity index (χ1) is 8.84. The number of carbonyl (C=O) groups excluding carboxylic acids is 1. The fourth-order valence-electron chi connectivity index (χ4n) is 2.08. The lowest BCUT2D eigenvalue weighted by molar-refractivity contribution is 0.138. The minimum absolute atomic E-state index is 0.324. The van der Waals surface area contributed by atoms with E-state index >= 15 is 0 Å². The maximum Gasteiger partial charge on any atom is 0.407 e. The molecule has 1 atom stereocenters. The lowest BCUT2D eigenvalue weighted by atomic mass is 10.1. The number of nitrogens with one attached hydrogen (secondary N) is 2. The van der Waals surface area contributed by atoms with Crippen molar-refractivity contribution in [1.29, 1.82) is 0 Å². The summed E-state index contributed by atoms with van der Waals surface area (Å²) in [6.45, 7) is 2.02. The molecule has 2 rings (SSSR count). The number of hydrogen-bond acceptors (Lipinski definition) is 3. The molecule has 4 nitrogen and oxygen atoms in total. The Bertz CT molecular complexity index is 361. The number of benzene rings is 1. The number of ether oxygens (including phenoxy) is 1. The van der Waals surface area contributed by atoms with Gasteiger partial charge in [0.25, 0.3) is 0 Å². The van der Waals surface area contributed by atoms with E-state index in [-0.39, 0.29) is 6.09 Å². The van der Waals surface area contributed by atoms with E-state index in [0.29, 0.717) is 19.2 Å². The van der Waals surface area contributed by atoms with Crippen LogP contribution in [0.15, 0.2) is 30.3 Å². The number of hydrogen-bond donors (Lipinski definition) is 2. The van der Waals surface area contributed by atoms with Crippen LogP contribution in [0.3, 0.4) is 0 Å². The lowest BCUT2D eigenvalue weighted by Crippen LogP contribution is -2.43. The number of piperidine rings is 1. The minimum atomic E-state index is -0.341. The standard InChI is InChI=1S/C14H20N2O2/c17-14(16-10-13-8-4-5-9-15-13)18-11-12-6-2-1-3-7-12/h1-3,6-7,13,15H,4-5,8-11H2,(H,16,17)/t13-/m1/s1. The topological polar surface area (TPSA) is 50.4 Å². The van der Waals surface area contributed by atoms with Gasteiger partial charge in [-0.15, -0.1) is 0 Å². The second-order valence-corrected chi connectivity index (χ2v) is 4.59.